The molecule has 0 radical (unpaired) electrons. The third-order valence-electron chi connectivity index (χ3n) is 5.25. The summed E-state index contributed by atoms with van der Waals surface area (Å²) in [6, 6.07) is 0. The second-order valence-corrected chi connectivity index (χ2v) is 7.87. The van der Waals surface area contributed by atoms with Crippen LogP contribution in [0.2, 0.25) is 0 Å². The molecule has 0 bridgehead atoms. The Morgan fingerprint density at radius 2 is 1.24 bits per heavy atom. The second-order valence-electron chi connectivity index (χ2n) is 7.87. The van der Waals surface area contributed by atoms with Crippen LogP contribution in [-0.2, 0) is 19.2 Å². The predicted molar refractivity (Wildman–Crippen MR) is 118 cm³/mol. The van der Waals surface area contributed by atoms with E-state index in [0.717, 1.165) is 0 Å². The molecule has 0 aromatic rings. The molecule has 1 heterocycles. The van der Waals surface area contributed by atoms with Crippen LogP contribution in [0.4, 0.5) is 0 Å². The topological polar surface area (TPSA) is 196 Å². The Balaban J connectivity index is 2.91. The highest BCUT2D eigenvalue weighted by Gasteiger charge is 2.21. The average Bonchev–Trinajstić information content (AvgIpc) is 2.72. The fraction of sp³-hybridized carbons (Fsp3) is 0.789. The summed E-state index contributed by atoms with van der Waals surface area (Å²) in [4.78, 5) is 56.3. The maximum atomic E-state index is 12.8. The molecule has 0 atom stereocenters. The molecule has 1 aliphatic rings. The lowest BCUT2D eigenvalue weighted by Gasteiger charge is -2.33. The largest absolute Gasteiger partial charge is 0.480 e. The van der Waals surface area contributed by atoms with Crippen molar-refractivity contribution in [3.63, 3.8) is 0 Å². The van der Waals surface area contributed by atoms with Crippen LogP contribution in [0.1, 0.15) is 19.3 Å². The Bertz CT molecular complexity index is 682. The maximum Gasteiger partial charge on any atom is 0.317 e. The number of carbonyl (C=O) groups is 4. The zero-order valence-corrected chi connectivity index (χ0v) is 18.8. The van der Waals surface area contributed by atoms with Gasteiger partial charge in [-0.15, -0.1) is 0 Å². The van der Waals surface area contributed by atoms with Crippen LogP contribution in [0.5, 0.6) is 0 Å². The predicted octanol–water partition coefficient (Wildman–Crippen LogP) is -1.13. The van der Waals surface area contributed by atoms with Crippen molar-refractivity contribution >= 4 is 23.8 Å². The highest BCUT2D eigenvalue weighted by molar-refractivity contribution is 5.76. The zero-order valence-electron chi connectivity index (χ0n) is 18.8. The summed E-state index contributed by atoms with van der Waals surface area (Å²) < 4.78 is 0. The van der Waals surface area contributed by atoms with Crippen LogP contribution < -0.4 is 5.73 Å². The van der Waals surface area contributed by atoms with Gasteiger partial charge in [-0.3, -0.25) is 33.9 Å². The van der Waals surface area contributed by atoms with Gasteiger partial charge in [0.25, 0.3) is 0 Å². The van der Waals surface area contributed by atoms with Crippen molar-refractivity contribution in [3.05, 3.63) is 10.4 Å². The molecule has 1 rings (SSSR count). The number of hydrogen-bond acceptors (Lipinski definition) is 8. The van der Waals surface area contributed by atoms with E-state index in [0.29, 0.717) is 71.7 Å². The molecule has 2 amide bonds. The summed E-state index contributed by atoms with van der Waals surface area (Å²) in [5.41, 5.74) is 13.7. The van der Waals surface area contributed by atoms with Gasteiger partial charge in [-0.25, -0.2) is 0 Å². The Kier molecular flexibility index (Phi) is 13.5. The van der Waals surface area contributed by atoms with Crippen LogP contribution >= 0.6 is 0 Å². The molecule has 186 valence electrons. The molecule has 14 heteroatoms. The summed E-state index contributed by atoms with van der Waals surface area (Å²) in [6.45, 7) is 2.58. The number of primary amides is 1. The number of carboxylic acids is 2. The first-order valence-electron chi connectivity index (χ1n) is 10.9. The minimum Gasteiger partial charge on any atom is -0.480 e. The van der Waals surface area contributed by atoms with E-state index in [1.165, 1.54) is 0 Å². The lowest BCUT2D eigenvalue weighted by Crippen LogP contribution is -2.49. The van der Waals surface area contributed by atoms with Crippen molar-refractivity contribution in [2.45, 2.75) is 19.3 Å². The number of unbranched alkanes of at least 4 members (excludes halogenated alkanes) is 1. The molecular weight excluding hydrogens is 436 g/mol. The molecular formula is C19H34N8O6. The number of rotatable bonds is 11. The minimum absolute atomic E-state index is 0.0116. The first-order valence-corrected chi connectivity index (χ1v) is 10.9. The van der Waals surface area contributed by atoms with Gasteiger partial charge < -0.3 is 20.8 Å². The van der Waals surface area contributed by atoms with Gasteiger partial charge in [0.05, 0.1) is 19.6 Å². The first-order chi connectivity index (χ1) is 15.7. The molecule has 14 nitrogen and oxygen atoms in total. The number of aliphatic carboxylic acids is 2. The molecule has 0 aliphatic carbocycles. The molecule has 1 saturated heterocycles. The molecule has 0 aromatic heterocycles. The summed E-state index contributed by atoms with van der Waals surface area (Å²) >= 11 is 0. The Hall–Kier alpha value is -2.93. The average molecular weight is 471 g/mol. The second kappa shape index (κ2) is 15.8. The molecule has 4 N–H and O–H groups in total. The number of nitrogens with two attached hydrogens (primary N) is 1. The maximum absolute atomic E-state index is 12.8. The van der Waals surface area contributed by atoms with Gasteiger partial charge in [0, 0.05) is 70.2 Å². The summed E-state index contributed by atoms with van der Waals surface area (Å²) in [5.74, 6) is -2.62. The molecule has 0 aromatic carbocycles. The molecule has 0 saturated carbocycles. The molecule has 33 heavy (non-hydrogen) atoms. The molecule has 1 fully saturated rings. The normalized spacial score (nSPS) is 17.4. The van der Waals surface area contributed by atoms with E-state index in [2.05, 4.69) is 10.0 Å². The fourth-order valence-electron chi connectivity index (χ4n) is 3.53. The summed E-state index contributed by atoms with van der Waals surface area (Å²) in [6.07, 6.45) is 1.38. The molecule has 1 aliphatic heterocycles. The van der Waals surface area contributed by atoms with Crippen molar-refractivity contribution in [1.82, 2.24) is 19.6 Å². The quantitative estimate of drug-likeness (QED) is 0.145. The van der Waals surface area contributed by atoms with Crippen molar-refractivity contribution in [1.29, 1.82) is 0 Å². The monoisotopic (exact) mass is 470 g/mol. The lowest BCUT2D eigenvalue weighted by molar-refractivity contribution is -0.139. The van der Waals surface area contributed by atoms with Gasteiger partial charge >= 0.3 is 11.9 Å². The van der Waals surface area contributed by atoms with Crippen LogP contribution in [-0.4, -0.2) is 132 Å². The fourth-order valence-corrected chi connectivity index (χ4v) is 3.53. The van der Waals surface area contributed by atoms with Gasteiger partial charge in [-0.2, -0.15) is 0 Å². The summed E-state index contributed by atoms with van der Waals surface area (Å²) in [7, 11) is 0. The third-order valence-corrected chi connectivity index (χ3v) is 5.25. The highest BCUT2D eigenvalue weighted by Crippen LogP contribution is 2.05. The summed E-state index contributed by atoms with van der Waals surface area (Å²) in [5, 5.41) is 21.9. The van der Waals surface area contributed by atoms with Gasteiger partial charge in [0.2, 0.25) is 11.8 Å². The van der Waals surface area contributed by atoms with Gasteiger partial charge in [-0.1, -0.05) is 5.11 Å². The number of nitrogens with zero attached hydrogens (tertiary/aromatic N) is 7. The highest BCUT2D eigenvalue weighted by atomic mass is 16.4. The smallest absolute Gasteiger partial charge is 0.317 e. The standard InChI is InChI=1S/C19H34N8O6/c20-16(28)13-24-5-7-25(14-18(30)31)9-11-27(17(29)3-1-2-4-22-23-21)12-10-26(8-6-24)15-19(32)33/h1-15H2,(H2,20,28)(H,30,31)(H,32,33). The van der Waals surface area contributed by atoms with Crippen molar-refractivity contribution in [3.8, 4) is 0 Å². The Morgan fingerprint density at radius 1 is 0.788 bits per heavy atom. The first kappa shape index (κ1) is 28.1. The molecule has 0 unspecified atom stereocenters. The van der Waals surface area contributed by atoms with Crippen LogP contribution in [0.15, 0.2) is 5.11 Å². The third kappa shape index (κ3) is 13.3. The number of hydrogen-bond donors (Lipinski definition) is 3. The molecule has 0 spiro atoms. The minimum atomic E-state index is -0.993. The van der Waals surface area contributed by atoms with Crippen LogP contribution in [0, 0.1) is 0 Å². The number of carbonyl (C=O) groups excluding carboxylic acids is 2. The van der Waals surface area contributed by atoms with E-state index in [4.69, 9.17) is 11.3 Å². The van der Waals surface area contributed by atoms with Crippen LogP contribution in [0.3, 0.4) is 0 Å². The van der Waals surface area contributed by atoms with Crippen molar-refractivity contribution in [2.24, 2.45) is 10.8 Å². The number of carboxylic acid groups (broad SMARTS) is 2. The van der Waals surface area contributed by atoms with Gasteiger partial charge in [0.15, 0.2) is 0 Å². The van der Waals surface area contributed by atoms with Crippen molar-refractivity contribution < 1.29 is 29.4 Å². The van der Waals surface area contributed by atoms with E-state index in [9.17, 15) is 29.4 Å². The van der Waals surface area contributed by atoms with Gasteiger partial charge in [0.1, 0.15) is 0 Å². The van der Waals surface area contributed by atoms with Gasteiger partial charge in [-0.05, 0) is 18.4 Å². The Labute approximate surface area is 192 Å². The van der Waals surface area contributed by atoms with E-state index < -0.39 is 17.8 Å². The lowest BCUT2D eigenvalue weighted by atomic mass is 10.2. The number of azide groups is 1. The van der Waals surface area contributed by atoms with Crippen molar-refractivity contribution in [2.75, 3.05) is 78.5 Å². The zero-order chi connectivity index (χ0) is 24.6. The van der Waals surface area contributed by atoms with E-state index in [1.807, 2.05) is 0 Å². The van der Waals surface area contributed by atoms with E-state index in [-0.39, 0.29) is 32.0 Å². The van der Waals surface area contributed by atoms with E-state index in [1.54, 1.807) is 19.6 Å². The SMILES string of the molecule is [N-]=[N+]=NCCCCC(=O)N1CCN(CC(=O)O)CCN(CC(N)=O)CCN(CC(=O)O)CC1. The van der Waals surface area contributed by atoms with E-state index >= 15 is 0 Å². The number of amides is 2. The Morgan fingerprint density at radius 3 is 1.67 bits per heavy atom. The van der Waals surface area contributed by atoms with Crippen LogP contribution in [0.25, 0.3) is 10.4 Å².